The Labute approximate surface area is 203 Å². The summed E-state index contributed by atoms with van der Waals surface area (Å²) < 4.78 is 41.6. The lowest BCUT2D eigenvalue weighted by atomic mass is 10.1. The maximum absolute atomic E-state index is 12.8. The van der Waals surface area contributed by atoms with Crippen molar-refractivity contribution in [2.75, 3.05) is 37.2 Å². The Morgan fingerprint density at radius 1 is 1.30 bits per heavy atom. The zero-order valence-electron chi connectivity index (χ0n) is 17.8. The first kappa shape index (κ1) is 24.3. The van der Waals surface area contributed by atoms with E-state index in [2.05, 4.69) is 14.7 Å². The standard InChI is InChI=1S/C21H23ClF3N5OS2/c1-32-28-14-3-2-13(17(22)9-14)8-18(31)29-4-6-30(7-5-29)19-16-10-15(11-21(23,24)25)33-20(16)27-12-26-19/h2-3,9-10,12,15,20,28H,4-8,11H2,1H3. The topological polar surface area (TPSA) is 60.3 Å². The highest BCUT2D eigenvalue weighted by atomic mass is 35.5. The maximum Gasteiger partial charge on any atom is 0.390 e. The Morgan fingerprint density at radius 2 is 2.06 bits per heavy atom. The van der Waals surface area contributed by atoms with E-state index >= 15 is 0 Å². The predicted molar refractivity (Wildman–Crippen MR) is 130 cm³/mol. The molecule has 0 radical (unpaired) electrons. The van der Waals surface area contributed by atoms with Crippen LogP contribution in [0.4, 0.5) is 18.9 Å². The predicted octanol–water partition coefficient (Wildman–Crippen LogP) is 4.48. The van der Waals surface area contributed by atoms with E-state index in [-0.39, 0.29) is 17.7 Å². The number of anilines is 1. The molecule has 1 aromatic rings. The number of rotatable bonds is 5. The van der Waals surface area contributed by atoms with Gasteiger partial charge in [-0.1, -0.05) is 35.7 Å². The van der Waals surface area contributed by atoms with Crippen LogP contribution in [-0.4, -0.2) is 77.1 Å². The molecule has 1 N–H and O–H groups in total. The lowest BCUT2D eigenvalue weighted by molar-refractivity contribution is -0.132. The second kappa shape index (κ2) is 10.2. The number of carbonyl (C=O) groups is 1. The number of aliphatic imine (C=N–C) groups is 2. The van der Waals surface area contributed by atoms with E-state index in [0.717, 1.165) is 16.8 Å². The summed E-state index contributed by atoms with van der Waals surface area (Å²) in [6.07, 6.45) is 0.112. The fourth-order valence-corrected chi connectivity index (χ4v) is 5.90. The number of hydrogen-bond acceptors (Lipinski definition) is 7. The molecule has 3 aliphatic rings. The van der Waals surface area contributed by atoms with Crippen molar-refractivity contribution in [2.24, 2.45) is 9.98 Å². The molecule has 4 rings (SSSR count). The van der Waals surface area contributed by atoms with Crippen LogP contribution in [-0.2, 0) is 11.2 Å². The van der Waals surface area contributed by atoms with Gasteiger partial charge in [-0.15, -0.1) is 11.8 Å². The summed E-state index contributed by atoms with van der Waals surface area (Å²) in [7, 11) is 0. The zero-order chi connectivity index (χ0) is 23.6. The number of amidine groups is 1. The monoisotopic (exact) mass is 517 g/mol. The van der Waals surface area contributed by atoms with Crippen LogP contribution in [0.15, 0.2) is 39.8 Å². The van der Waals surface area contributed by atoms with Gasteiger partial charge in [-0.2, -0.15) is 13.2 Å². The van der Waals surface area contributed by atoms with E-state index < -0.39 is 17.8 Å². The third kappa shape index (κ3) is 5.99. The fourth-order valence-electron chi connectivity index (χ4n) is 4.00. The molecule has 0 aromatic heterocycles. The van der Waals surface area contributed by atoms with Gasteiger partial charge in [0.25, 0.3) is 0 Å². The lowest BCUT2D eigenvalue weighted by Gasteiger charge is -2.37. The second-order valence-electron chi connectivity index (χ2n) is 7.84. The first-order valence-corrected chi connectivity index (χ1v) is 12.9. The number of nitrogens with zero attached hydrogens (tertiary/aromatic N) is 4. The van der Waals surface area contributed by atoms with E-state index in [9.17, 15) is 18.0 Å². The number of halogens is 4. The summed E-state index contributed by atoms with van der Waals surface area (Å²) in [5.74, 6) is 0.659. The molecule has 178 valence electrons. The molecule has 0 saturated carbocycles. The van der Waals surface area contributed by atoms with Crippen molar-refractivity contribution in [1.29, 1.82) is 0 Å². The lowest BCUT2D eigenvalue weighted by Crippen LogP contribution is -2.52. The summed E-state index contributed by atoms with van der Waals surface area (Å²) in [5.41, 5.74) is 2.39. The number of carbonyl (C=O) groups excluding carboxylic acids is 1. The molecule has 12 heteroatoms. The number of hydrogen-bond donors (Lipinski definition) is 1. The minimum atomic E-state index is -4.22. The zero-order valence-corrected chi connectivity index (χ0v) is 20.2. The molecule has 1 amide bonds. The minimum Gasteiger partial charge on any atom is -0.353 e. The van der Waals surface area contributed by atoms with Gasteiger partial charge in [0.05, 0.1) is 12.8 Å². The fraction of sp³-hybridized carbons (Fsp3) is 0.476. The van der Waals surface area contributed by atoms with Crippen LogP contribution in [0.2, 0.25) is 5.02 Å². The van der Waals surface area contributed by atoms with Crippen molar-refractivity contribution in [3.8, 4) is 0 Å². The number of piperazine rings is 1. The summed E-state index contributed by atoms with van der Waals surface area (Å²) in [5, 5.41) is -0.465. The van der Waals surface area contributed by atoms with Gasteiger partial charge in [-0.25, -0.2) is 4.99 Å². The first-order chi connectivity index (χ1) is 15.7. The Kier molecular flexibility index (Phi) is 7.49. The summed E-state index contributed by atoms with van der Waals surface area (Å²) >= 11 is 9.01. The van der Waals surface area contributed by atoms with E-state index in [0.29, 0.717) is 37.0 Å². The number of thioether (sulfide) groups is 1. The van der Waals surface area contributed by atoms with Crippen LogP contribution in [0.3, 0.4) is 0 Å². The average molecular weight is 518 g/mol. The number of alkyl halides is 3. The Balaban J connectivity index is 1.35. The molecule has 3 heterocycles. The number of amides is 1. The minimum absolute atomic E-state index is 0.00646. The first-order valence-electron chi connectivity index (χ1n) is 10.4. The maximum atomic E-state index is 12.8. The Bertz CT molecular complexity index is 993. The van der Waals surface area contributed by atoms with Crippen molar-refractivity contribution in [2.45, 2.75) is 29.6 Å². The molecule has 3 aliphatic heterocycles. The quantitative estimate of drug-likeness (QED) is 0.584. The summed E-state index contributed by atoms with van der Waals surface area (Å²) in [6.45, 7) is 2.13. The third-order valence-corrected chi connectivity index (χ3v) is 7.63. The van der Waals surface area contributed by atoms with E-state index in [1.807, 2.05) is 23.3 Å². The average Bonchev–Trinajstić information content (AvgIpc) is 3.16. The highest BCUT2D eigenvalue weighted by Gasteiger charge is 2.39. The van der Waals surface area contributed by atoms with Crippen molar-refractivity contribution >= 4 is 59.1 Å². The van der Waals surface area contributed by atoms with Crippen LogP contribution < -0.4 is 4.72 Å². The van der Waals surface area contributed by atoms with E-state index in [1.165, 1.54) is 30.0 Å². The smallest absolute Gasteiger partial charge is 0.353 e. The normalized spacial score (nSPS) is 22.7. The molecular weight excluding hydrogens is 495 g/mol. The molecular formula is C21H23ClF3N5OS2. The van der Waals surface area contributed by atoms with Crippen LogP contribution >= 0.6 is 35.3 Å². The van der Waals surface area contributed by atoms with Gasteiger partial charge in [0, 0.05) is 54.0 Å². The van der Waals surface area contributed by atoms with Gasteiger partial charge < -0.3 is 14.5 Å². The summed E-state index contributed by atoms with van der Waals surface area (Å²) in [6, 6.07) is 5.55. The molecule has 0 spiro atoms. The molecule has 6 nitrogen and oxygen atoms in total. The van der Waals surface area contributed by atoms with Crippen molar-refractivity contribution < 1.29 is 18.0 Å². The van der Waals surface area contributed by atoms with Crippen LogP contribution in [0.1, 0.15) is 12.0 Å². The SMILES string of the molecule is CSNc1ccc(CC(=O)N2CCN(C3=NC=NC4SC(CC(F)(F)F)C=C34)CC2)c(Cl)c1. The molecule has 2 atom stereocenters. The van der Waals surface area contributed by atoms with Crippen LogP contribution in [0.25, 0.3) is 0 Å². The largest absolute Gasteiger partial charge is 0.390 e. The van der Waals surface area contributed by atoms with Gasteiger partial charge >= 0.3 is 6.18 Å². The van der Waals surface area contributed by atoms with Gasteiger partial charge in [-0.3, -0.25) is 9.79 Å². The van der Waals surface area contributed by atoms with Crippen LogP contribution in [0.5, 0.6) is 0 Å². The van der Waals surface area contributed by atoms with Crippen molar-refractivity contribution in [3.05, 3.63) is 40.4 Å². The highest BCUT2D eigenvalue weighted by Crippen LogP contribution is 2.41. The van der Waals surface area contributed by atoms with Gasteiger partial charge in [0.15, 0.2) is 0 Å². The molecule has 33 heavy (non-hydrogen) atoms. The van der Waals surface area contributed by atoms with E-state index in [1.54, 1.807) is 17.0 Å². The molecule has 1 fully saturated rings. The van der Waals surface area contributed by atoms with Gasteiger partial charge in [0.1, 0.15) is 17.5 Å². The van der Waals surface area contributed by atoms with Gasteiger partial charge in [-0.05, 0) is 17.7 Å². The summed E-state index contributed by atoms with van der Waals surface area (Å²) in [4.78, 5) is 25.2. The molecule has 0 aliphatic carbocycles. The second-order valence-corrected chi connectivity index (χ2v) is 10.2. The van der Waals surface area contributed by atoms with Crippen LogP contribution in [0, 0.1) is 0 Å². The molecule has 1 saturated heterocycles. The third-order valence-electron chi connectivity index (χ3n) is 5.55. The molecule has 2 unspecified atom stereocenters. The van der Waals surface area contributed by atoms with E-state index in [4.69, 9.17) is 11.6 Å². The highest BCUT2D eigenvalue weighted by molar-refractivity contribution is 8.01. The Hall–Kier alpha value is -1.85. The molecule has 1 aromatic carbocycles. The van der Waals surface area contributed by atoms with Crippen molar-refractivity contribution in [3.63, 3.8) is 0 Å². The molecule has 0 bridgehead atoms. The number of fused-ring (bicyclic) bond motifs is 1. The number of benzene rings is 1. The Morgan fingerprint density at radius 3 is 2.73 bits per heavy atom. The van der Waals surface area contributed by atoms with Crippen molar-refractivity contribution in [1.82, 2.24) is 9.80 Å². The van der Waals surface area contributed by atoms with Gasteiger partial charge in [0.2, 0.25) is 5.91 Å². The number of nitrogens with one attached hydrogen (secondary N) is 1.